The second-order valence-electron chi connectivity index (χ2n) is 8.49. The number of hydrogen-bond acceptors (Lipinski definition) is 3. The minimum Gasteiger partial charge on any atom is -0.378 e. The van der Waals surface area contributed by atoms with E-state index in [9.17, 15) is 9.18 Å². The summed E-state index contributed by atoms with van der Waals surface area (Å²) in [6.45, 7) is 5.70. The van der Waals surface area contributed by atoms with Crippen LogP contribution in [0.5, 0.6) is 0 Å². The molecule has 2 aliphatic heterocycles. The first-order valence-electron chi connectivity index (χ1n) is 10.9. The molecule has 1 amide bonds. The summed E-state index contributed by atoms with van der Waals surface area (Å²) in [6, 6.07) is 15.0. The average molecular weight is 412 g/mol. The Morgan fingerprint density at radius 2 is 1.93 bits per heavy atom. The minimum atomic E-state index is -0.458. The van der Waals surface area contributed by atoms with Crippen molar-refractivity contribution in [2.45, 2.75) is 57.3 Å². The molecule has 4 nitrogen and oxygen atoms in total. The van der Waals surface area contributed by atoms with E-state index in [1.54, 1.807) is 17.0 Å². The van der Waals surface area contributed by atoms with Crippen LogP contribution in [0.15, 0.2) is 48.5 Å². The normalized spacial score (nSPS) is 23.5. The highest BCUT2D eigenvalue weighted by molar-refractivity contribution is 5.94. The maximum absolute atomic E-state index is 14.2. The van der Waals surface area contributed by atoms with Gasteiger partial charge < -0.3 is 14.4 Å². The molecule has 2 aromatic rings. The highest BCUT2D eigenvalue weighted by Gasteiger charge is 2.45. The van der Waals surface area contributed by atoms with E-state index in [0.717, 1.165) is 31.2 Å². The number of rotatable bonds is 4. The summed E-state index contributed by atoms with van der Waals surface area (Å²) in [5.41, 5.74) is 1.90. The molecule has 1 spiro atoms. The van der Waals surface area contributed by atoms with Gasteiger partial charge in [-0.1, -0.05) is 42.0 Å². The van der Waals surface area contributed by atoms with Gasteiger partial charge in [-0.25, -0.2) is 4.39 Å². The predicted octanol–water partition coefficient (Wildman–Crippen LogP) is 5.07. The topological polar surface area (TPSA) is 38.8 Å². The van der Waals surface area contributed by atoms with Gasteiger partial charge in [-0.3, -0.25) is 4.79 Å². The summed E-state index contributed by atoms with van der Waals surface area (Å²) in [6.07, 6.45) is 3.29. The quantitative estimate of drug-likeness (QED) is 0.705. The van der Waals surface area contributed by atoms with Crippen molar-refractivity contribution in [1.29, 1.82) is 0 Å². The van der Waals surface area contributed by atoms with Gasteiger partial charge in [0.25, 0.3) is 5.91 Å². The van der Waals surface area contributed by atoms with Gasteiger partial charge in [0.05, 0.1) is 23.4 Å². The zero-order valence-corrected chi connectivity index (χ0v) is 17.8. The van der Waals surface area contributed by atoms with Crippen LogP contribution in [0.3, 0.4) is 0 Å². The van der Waals surface area contributed by atoms with Gasteiger partial charge in [-0.2, -0.15) is 0 Å². The summed E-state index contributed by atoms with van der Waals surface area (Å²) in [5.74, 6) is -0.691. The van der Waals surface area contributed by atoms with Crippen LogP contribution in [0, 0.1) is 12.7 Å². The Bertz CT molecular complexity index is 877. The predicted molar refractivity (Wildman–Crippen MR) is 114 cm³/mol. The first kappa shape index (κ1) is 21.0. The monoisotopic (exact) mass is 411 g/mol. The van der Waals surface area contributed by atoms with Crippen molar-refractivity contribution < 1.29 is 18.7 Å². The van der Waals surface area contributed by atoms with Crippen molar-refractivity contribution in [2.24, 2.45) is 0 Å². The Morgan fingerprint density at radius 3 is 2.63 bits per heavy atom. The molecular formula is C25H30FNO3. The lowest BCUT2D eigenvalue weighted by molar-refractivity contribution is -0.190. The van der Waals surface area contributed by atoms with E-state index in [-0.39, 0.29) is 29.3 Å². The van der Waals surface area contributed by atoms with Gasteiger partial charge in [0.1, 0.15) is 5.82 Å². The van der Waals surface area contributed by atoms with Crippen molar-refractivity contribution in [3.8, 4) is 0 Å². The van der Waals surface area contributed by atoms with Crippen LogP contribution >= 0.6 is 0 Å². The van der Waals surface area contributed by atoms with Crippen LogP contribution in [0.4, 0.5) is 4.39 Å². The van der Waals surface area contributed by atoms with E-state index in [2.05, 4.69) is 12.1 Å². The maximum Gasteiger partial charge on any atom is 0.256 e. The summed E-state index contributed by atoms with van der Waals surface area (Å²) >= 11 is 0. The number of nitrogens with zero attached hydrogens (tertiary/aromatic N) is 1. The maximum atomic E-state index is 14.2. The Balaban J connectivity index is 1.48. The zero-order chi connectivity index (χ0) is 21.1. The van der Waals surface area contributed by atoms with E-state index in [1.165, 1.54) is 11.6 Å². The lowest BCUT2D eigenvalue weighted by Crippen LogP contribution is -2.52. The second kappa shape index (κ2) is 8.86. The fourth-order valence-corrected chi connectivity index (χ4v) is 4.78. The summed E-state index contributed by atoms with van der Waals surface area (Å²) in [4.78, 5) is 14.7. The molecule has 0 bridgehead atoms. The molecule has 2 heterocycles. The highest BCUT2D eigenvalue weighted by atomic mass is 19.1. The molecule has 2 aromatic carbocycles. The molecule has 0 N–H and O–H groups in total. The fourth-order valence-electron chi connectivity index (χ4n) is 4.78. The van der Waals surface area contributed by atoms with Crippen LogP contribution in [-0.2, 0) is 9.47 Å². The molecule has 0 saturated carbocycles. The number of hydrogen-bond donors (Lipinski definition) is 0. The second-order valence-corrected chi connectivity index (χ2v) is 8.49. The Labute approximate surface area is 178 Å². The number of likely N-dealkylation sites (tertiary alicyclic amines) is 1. The number of aryl methyl sites for hydroxylation is 1. The zero-order valence-electron chi connectivity index (χ0n) is 17.8. The SMILES string of the molecule is CCOC1CC(c2ccccc2)OC2(CCN(C(=O)c3cc(C)ccc3F)CC2)C1. The van der Waals surface area contributed by atoms with Crippen LogP contribution < -0.4 is 0 Å². The molecule has 30 heavy (non-hydrogen) atoms. The Kier molecular flexibility index (Phi) is 6.21. The number of halogens is 1. The molecule has 160 valence electrons. The van der Waals surface area contributed by atoms with E-state index in [0.29, 0.717) is 19.7 Å². The largest absolute Gasteiger partial charge is 0.378 e. The van der Waals surface area contributed by atoms with E-state index < -0.39 is 5.82 Å². The van der Waals surface area contributed by atoms with Crippen LogP contribution in [-0.4, -0.2) is 42.2 Å². The molecule has 2 unspecified atom stereocenters. The van der Waals surface area contributed by atoms with E-state index in [1.807, 2.05) is 32.0 Å². The third kappa shape index (κ3) is 4.42. The number of piperidine rings is 1. The molecule has 2 aliphatic rings. The van der Waals surface area contributed by atoms with Crippen molar-refractivity contribution >= 4 is 5.91 Å². The average Bonchev–Trinajstić information content (AvgIpc) is 2.76. The number of ether oxygens (including phenoxy) is 2. The third-order valence-electron chi connectivity index (χ3n) is 6.36. The smallest absolute Gasteiger partial charge is 0.256 e. The van der Waals surface area contributed by atoms with Gasteiger partial charge in [0.2, 0.25) is 0 Å². The van der Waals surface area contributed by atoms with Crippen LogP contribution in [0.2, 0.25) is 0 Å². The lowest BCUT2D eigenvalue weighted by Gasteiger charge is -2.48. The molecule has 2 atom stereocenters. The van der Waals surface area contributed by atoms with Gasteiger partial charge in [-0.15, -0.1) is 0 Å². The molecule has 2 saturated heterocycles. The number of amides is 1. The number of carbonyl (C=O) groups is 1. The third-order valence-corrected chi connectivity index (χ3v) is 6.36. The molecule has 4 rings (SSSR count). The van der Waals surface area contributed by atoms with Crippen LogP contribution in [0.25, 0.3) is 0 Å². The molecular weight excluding hydrogens is 381 g/mol. The molecule has 5 heteroatoms. The summed E-state index contributed by atoms with van der Waals surface area (Å²) in [5, 5.41) is 0. The minimum absolute atomic E-state index is 0.00651. The summed E-state index contributed by atoms with van der Waals surface area (Å²) < 4.78 is 26.9. The van der Waals surface area contributed by atoms with Crippen molar-refractivity contribution in [2.75, 3.05) is 19.7 Å². The molecule has 2 fully saturated rings. The van der Waals surface area contributed by atoms with Gasteiger partial charge in [-0.05, 0) is 44.4 Å². The Hall–Kier alpha value is -2.24. The molecule has 0 aliphatic carbocycles. The van der Waals surface area contributed by atoms with Crippen molar-refractivity contribution in [1.82, 2.24) is 4.90 Å². The number of carbonyl (C=O) groups excluding carboxylic acids is 1. The fraction of sp³-hybridized carbons (Fsp3) is 0.480. The van der Waals surface area contributed by atoms with E-state index >= 15 is 0 Å². The van der Waals surface area contributed by atoms with E-state index in [4.69, 9.17) is 9.47 Å². The lowest BCUT2D eigenvalue weighted by atomic mass is 9.80. The Morgan fingerprint density at radius 1 is 1.20 bits per heavy atom. The highest BCUT2D eigenvalue weighted by Crippen LogP contribution is 2.44. The van der Waals surface area contributed by atoms with Crippen molar-refractivity contribution in [3.63, 3.8) is 0 Å². The van der Waals surface area contributed by atoms with Crippen molar-refractivity contribution in [3.05, 3.63) is 71.0 Å². The standard InChI is InChI=1S/C25H30FNO3/c1-3-29-20-16-23(19-7-5-4-6-8-19)30-25(17-20)11-13-27(14-12-25)24(28)21-15-18(2)9-10-22(21)26/h4-10,15,20,23H,3,11-14,16-17H2,1-2H3. The first-order chi connectivity index (χ1) is 14.5. The van der Waals surface area contributed by atoms with Gasteiger partial charge in [0.15, 0.2) is 0 Å². The van der Waals surface area contributed by atoms with Gasteiger partial charge in [0, 0.05) is 32.5 Å². The number of benzene rings is 2. The van der Waals surface area contributed by atoms with Crippen LogP contribution in [0.1, 0.15) is 60.2 Å². The molecule has 0 radical (unpaired) electrons. The first-order valence-corrected chi connectivity index (χ1v) is 10.9. The summed E-state index contributed by atoms with van der Waals surface area (Å²) in [7, 11) is 0. The van der Waals surface area contributed by atoms with Gasteiger partial charge >= 0.3 is 0 Å². The molecule has 0 aromatic heterocycles.